The maximum absolute atomic E-state index is 13.3. The van der Waals surface area contributed by atoms with E-state index in [4.69, 9.17) is 14.6 Å². The molecule has 1 aromatic heterocycles. The van der Waals surface area contributed by atoms with Crippen molar-refractivity contribution >= 4 is 17.2 Å². The van der Waals surface area contributed by atoms with Crippen LogP contribution in [-0.2, 0) is 20.8 Å². The van der Waals surface area contributed by atoms with Gasteiger partial charge in [0.2, 0.25) is 6.29 Å². The van der Waals surface area contributed by atoms with Crippen molar-refractivity contribution in [2.75, 3.05) is 39.4 Å². The molecule has 1 aromatic carbocycles. The van der Waals surface area contributed by atoms with Crippen LogP contribution in [0.15, 0.2) is 59.0 Å². The van der Waals surface area contributed by atoms with Gasteiger partial charge < -0.3 is 19.5 Å². The molecule has 0 bridgehead atoms. The quantitative estimate of drug-likeness (QED) is 0.585. The lowest BCUT2D eigenvalue weighted by Crippen LogP contribution is -2.49. The van der Waals surface area contributed by atoms with Gasteiger partial charge in [-0.15, -0.1) is 0 Å². The Kier molecular flexibility index (Phi) is 8.34. The van der Waals surface area contributed by atoms with Gasteiger partial charge >= 0.3 is 0 Å². The van der Waals surface area contributed by atoms with E-state index in [-0.39, 0.29) is 18.4 Å². The number of aliphatic hydroxyl groups is 1. The molecule has 2 aliphatic rings. The van der Waals surface area contributed by atoms with Crippen molar-refractivity contribution in [3.8, 4) is 0 Å². The number of aliphatic hydroxyl groups excluding tert-OH is 1. The molecule has 1 fully saturated rings. The fourth-order valence-corrected chi connectivity index (χ4v) is 4.89. The lowest BCUT2D eigenvalue weighted by Gasteiger charge is -2.36. The van der Waals surface area contributed by atoms with Crippen molar-refractivity contribution in [3.63, 3.8) is 0 Å². The summed E-state index contributed by atoms with van der Waals surface area (Å²) in [6, 6.07) is 12.5. The van der Waals surface area contributed by atoms with Crippen molar-refractivity contribution in [1.29, 1.82) is 0 Å². The summed E-state index contributed by atoms with van der Waals surface area (Å²) in [5, 5.41) is 13.2. The van der Waals surface area contributed by atoms with E-state index in [2.05, 4.69) is 46.0 Å². The molecule has 6 nitrogen and oxygen atoms in total. The third-order valence-electron chi connectivity index (χ3n) is 6.00. The van der Waals surface area contributed by atoms with E-state index < -0.39 is 6.29 Å². The van der Waals surface area contributed by atoms with Gasteiger partial charge in [-0.1, -0.05) is 30.3 Å². The van der Waals surface area contributed by atoms with Crippen LogP contribution in [0.25, 0.3) is 0 Å². The molecular weight excluding hydrogens is 424 g/mol. The maximum atomic E-state index is 13.3. The van der Waals surface area contributed by atoms with Gasteiger partial charge in [0, 0.05) is 51.7 Å². The van der Waals surface area contributed by atoms with E-state index in [1.54, 1.807) is 11.3 Å². The number of piperazine rings is 1. The first-order chi connectivity index (χ1) is 15.7. The van der Waals surface area contributed by atoms with Crippen molar-refractivity contribution in [1.82, 2.24) is 9.80 Å². The highest BCUT2D eigenvalue weighted by molar-refractivity contribution is 7.08. The fourth-order valence-electron chi connectivity index (χ4n) is 4.16. The smallest absolute Gasteiger partial charge is 0.288 e. The van der Waals surface area contributed by atoms with Gasteiger partial charge in [-0.05, 0) is 46.9 Å². The highest BCUT2D eigenvalue weighted by Gasteiger charge is 2.32. The molecule has 2 aromatic rings. The molecule has 4 rings (SSSR count). The Labute approximate surface area is 194 Å². The molecule has 0 spiro atoms. The SMILES string of the molecule is O=C(C1=C[C@H](c2ccsc2)C[C@H](OCCCCO)O1)N1CCN(Cc2ccccc2)CC1. The van der Waals surface area contributed by atoms with Crippen LogP contribution in [0, 0.1) is 0 Å². The summed E-state index contributed by atoms with van der Waals surface area (Å²) >= 11 is 1.66. The topological polar surface area (TPSA) is 62.2 Å². The van der Waals surface area contributed by atoms with Crippen LogP contribution in [-0.4, -0.2) is 66.5 Å². The zero-order valence-corrected chi connectivity index (χ0v) is 19.2. The highest BCUT2D eigenvalue weighted by atomic mass is 32.1. The Morgan fingerprint density at radius 3 is 2.66 bits per heavy atom. The second kappa shape index (κ2) is 11.6. The first kappa shape index (κ1) is 23.0. The monoisotopic (exact) mass is 456 g/mol. The van der Waals surface area contributed by atoms with Crippen LogP contribution in [0.3, 0.4) is 0 Å². The Morgan fingerprint density at radius 2 is 1.94 bits per heavy atom. The Morgan fingerprint density at radius 1 is 1.12 bits per heavy atom. The number of amides is 1. The highest BCUT2D eigenvalue weighted by Crippen LogP contribution is 2.33. The predicted molar refractivity (Wildman–Crippen MR) is 125 cm³/mol. The number of rotatable bonds is 9. The average molecular weight is 457 g/mol. The van der Waals surface area contributed by atoms with Gasteiger partial charge in [-0.3, -0.25) is 9.69 Å². The van der Waals surface area contributed by atoms with E-state index in [0.29, 0.717) is 38.3 Å². The number of nitrogens with zero attached hydrogens (tertiary/aromatic N) is 2. The van der Waals surface area contributed by atoms with E-state index >= 15 is 0 Å². The largest absolute Gasteiger partial charge is 0.459 e. The van der Waals surface area contributed by atoms with E-state index in [1.165, 1.54) is 11.1 Å². The summed E-state index contributed by atoms with van der Waals surface area (Å²) in [5.74, 6) is 0.459. The molecule has 0 aliphatic carbocycles. The summed E-state index contributed by atoms with van der Waals surface area (Å²) in [6.07, 6.45) is 3.69. The molecule has 2 aliphatic heterocycles. The van der Waals surface area contributed by atoms with Gasteiger partial charge in [-0.25, -0.2) is 0 Å². The lowest BCUT2D eigenvalue weighted by molar-refractivity contribution is -0.154. The summed E-state index contributed by atoms with van der Waals surface area (Å²) in [7, 11) is 0. The maximum Gasteiger partial charge on any atom is 0.288 e. The van der Waals surface area contributed by atoms with Gasteiger partial charge in [0.15, 0.2) is 5.76 Å². The van der Waals surface area contributed by atoms with Crippen LogP contribution in [0.1, 0.15) is 36.3 Å². The van der Waals surface area contributed by atoms with Crippen LogP contribution < -0.4 is 0 Å². The summed E-state index contributed by atoms with van der Waals surface area (Å²) in [4.78, 5) is 17.6. The molecule has 0 saturated carbocycles. The Hall–Kier alpha value is -2.19. The molecule has 7 heteroatoms. The molecule has 0 radical (unpaired) electrons. The normalized spacial score (nSPS) is 21.8. The third-order valence-corrected chi connectivity index (χ3v) is 6.71. The van der Waals surface area contributed by atoms with Crippen LogP contribution in [0.5, 0.6) is 0 Å². The number of thiophene rings is 1. The van der Waals surface area contributed by atoms with Crippen molar-refractivity contribution in [3.05, 3.63) is 70.1 Å². The number of benzene rings is 1. The van der Waals surface area contributed by atoms with Crippen LogP contribution in [0.4, 0.5) is 0 Å². The average Bonchev–Trinajstić information content (AvgIpc) is 3.38. The Bertz CT molecular complexity index is 863. The second-order valence-electron chi connectivity index (χ2n) is 8.33. The number of hydrogen-bond donors (Lipinski definition) is 1. The summed E-state index contributed by atoms with van der Waals surface area (Å²) < 4.78 is 11.9. The standard InChI is InChI=1S/C25H32N2O4S/c28-13-4-5-14-30-24-17-22(21-8-15-32-19-21)16-23(31-24)25(29)27-11-9-26(10-12-27)18-20-6-2-1-3-7-20/h1-3,6-8,15-16,19,22,24,28H,4-5,9-14,17-18H2/t22-,24+/m0/s1. The second-order valence-corrected chi connectivity index (χ2v) is 9.11. The summed E-state index contributed by atoms with van der Waals surface area (Å²) in [5.41, 5.74) is 2.49. The molecule has 3 heterocycles. The Balaban J connectivity index is 1.36. The molecular formula is C25H32N2O4S. The lowest BCUT2D eigenvalue weighted by atomic mass is 9.95. The fraction of sp³-hybridized carbons (Fsp3) is 0.480. The molecule has 172 valence electrons. The number of allylic oxidation sites excluding steroid dienone is 1. The first-order valence-corrected chi connectivity index (χ1v) is 12.4. The van der Waals surface area contributed by atoms with Gasteiger partial charge in [-0.2, -0.15) is 11.3 Å². The van der Waals surface area contributed by atoms with Crippen molar-refractivity contribution in [2.24, 2.45) is 0 Å². The van der Waals surface area contributed by atoms with Gasteiger partial charge in [0.1, 0.15) is 0 Å². The molecule has 1 amide bonds. The number of hydrogen-bond acceptors (Lipinski definition) is 6. The first-order valence-electron chi connectivity index (χ1n) is 11.4. The number of unbranched alkanes of at least 4 members (excludes halogenated alkanes) is 1. The zero-order valence-electron chi connectivity index (χ0n) is 18.4. The van der Waals surface area contributed by atoms with Crippen LogP contribution >= 0.6 is 11.3 Å². The number of ether oxygens (including phenoxy) is 2. The van der Waals surface area contributed by atoms with E-state index in [9.17, 15) is 4.79 Å². The molecule has 1 saturated heterocycles. The summed E-state index contributed by atoms with van der Waals surface area (Å²) in [6.45, 7) is 4.67. The minimum absolute atomic E-state index is 0.0479. The predicted octanol–water partition coefficient (Wildman–Crippen LogP) is 3.60. The molecule has 2 atom stereocenters. The minimum atomic E-state index is -0.443. The van der Waals surface area contributed by atoms with E-state index in [0.717, 1.165) is 26.1 Å². The van der Waals surface area contributed by atoms with Crippen LogP contribution in [0.2, 0.25) is 0 Å². The van der Waals surface area contributed by atoms with E-state index in [1.807, 2.05) is 17.0 Å². The zero-order chi connectivity index (χ0) is 22.2. The molecule has 0 unspecified atom stereocenters. The minimum Gasteiger partial charge on any atom is -0.459 e. The number of carbonyl (C=O) groups is 1. The number of carbonyl (C=O) groups excluding carboxylic acids is 1. The third kappa shape index (κ3) is 6.19. The van der Waals surface area contributed by atoms with Crippen molar-refractivity contribution in [2.45, 2.75) is 38.0 Å². The molecule has 32 heavy (non-hydrogen) atoms. The van der Waals surface area contributed by atoms with Gasteiger partial charge in [0.25, 0.3) is 5.91 Å². The van der Waals surface area contributed by atoms with Gasteiger partial charge in [0.05, 0.1) is 6.61 Å². The molecule has 1 N–H and O–H groups in total. The van der Waals surface area contributed by atoms with Crippen molar-refractivity contribution < 1.29 is 19.4 Å².